The first-order valence-electron chi connectivity index (χ1n) is 9.25. The normalized spacial score (nSPS) is 15.9. The molecule has 0 aliphatic heterocycles. The number of hydrogen-bond donors (Lipinski definition) is 0. The van der Waals surface area contributed by atoms with Crippen LogP contribution in [0.2, 0.25) is 0 Å². The second-order valence-corrected chi connectivity index (χ2v) is 6.80. The highest BCUT2D eigenvalue weighted by atomic mass is 16.5. The smallest absolute Gasteiger partial charge is 0.310 e. The fourth-order valence-electron chi connectivity index (χ4n) is 3.39. The standard InChI is InChI=1S/C22H25NO3/c1-23(19-15-9-4-10-16-19)21(24)20(17-11-5-2-6-12-17)26-22(25)18-13-7-3-8-14-18/h2,4-6,9-12,15-16,18,20H,3,7-8,13-14H2,1H3/t20-/m1/s1. The van der Waals surface area contributed by atoms with E-state index in [4.69, 9.17) is 4.74 Å². The van der Waals surface area contributed by atoms with E-state index >= 15 is 0 Å². The summed E-state index contributed by atoms with van der Waals surface area (Å²) in [5.41, 5.74) is 1.47. The molecule has 2 aromatic carbocycles. The number of benzene rings is 2. The number of carbonyl (C=O) groups is 2. The van der Waals surface area contributed by atoms with Gasteiger partial charge in [-0.15, -0.1) is 0 Å². The number of carbonyl (C=O) groups excluding carboxylic acids is 2. The number of anilines is 1. The van der Waals surface area contributed by atoms with Gasteiger partial charge in [0.2, 0.25) is 6.10 Å². The monoisotopic (exact) mass is 351 g/mol. The lowest BCUT2D eigenvalue weighted by molar-refractivity contribution is -0.160. The van der Waals surface area contributed by atoms with Crippen LogP contribution in [0.4, 0.5) is 5.69 Å². The fourth-order valence-corrected chi connectivity index (χ4v) is 3.39. The maximum absolute atomic E-state index is 13.1. The van der Waals surface area contributed by atoms with Crippen molar-refractivity contribution in [3.63, 3.8) is 0 Å². The van der Waals surface area contributed by atoms with Crippen LogP contribution in [0.3, 0.4) is 0 Å². The van der Waals surface area contributed by atoms with Gasteiger partial charge in [0.25, 0.3) is 5.91 Å². The van der Waals surface area contributed by atoms with E-state index in [2.05, 4.69) is 0 Å². The highest BCUT2D eigenvalue weighted by molar-refractivity contribution is 5.97. The van der Waals surface area contributed by atoms with Gasteiger partial charge in [0, 0.05) is 18.3 Å². The molecule has 1 aliphatic carbocycles. The first-order valence-corrected chi connectivity index (χ1v) is 9.25. The zero-order valence-electron chi connectivity index (χ0n) is 15.1. The second-order valence-electron chi connectivity index (χ2n) is 6.80. The summed E-state index contributed by atoms with van der Waals surface area (Å²) in [7, 11) is 1.71. The Morgan fingerprint density at radius 3 is 2.12 bits per heavy atom. The van der Waals surface area contributed by atoms with E-state index in [9.17, 15) is 9.59 Å². The van der Waals surface area contributed by atoms with Gasteiger partial charge >= 0.3 is 5.97 Å². The molecule has 3 rings (SSSR count). The quantitative estimate of drug-likeness (QED) is 0.744. The van der Waals surface area contributed by atoms with Crippen molar-refractivity contribution in [2.75, 3.05) is 11.9 Å². The Morgan fingerprint density at radius 1 is 0.923 bits per heavy atom. The Hall–Kier alpha value is -2.62. The average Bonchev–Trinajstić information content (AvgIpc) is 2.72. The zero-order chi connectivity index (χ0) is 18.4. The van der Waals surface area contributed by atoms with E-state index in [0.29, 0.717) is 5.56 Å². The summed E-state index contributed by atoms with van der Waals surface area (Å²) < 4.78 is 5.75. The van der Waals surface area contributed by atoms with Crippen LogP contribution >= 0.6 is 0 Å². The van der Waals surface area contributed by atoms with Gasteiger partial charge in [0.1, 0.15) is 0 Å². The molecular weight excluding hydrogens is 326 g/mol. The number of rotatable bonds is 5. The van der Waals surface area contributed by atoms with Gasteiger partial charge in [0.05, 0.1) is 5.92 Å². The van der Waals surface area contributed by atoms with E-state index in [1.807, 2.05) is 60.7 Å². The van der Waals surface area contributed by atoms with E-state index < -0.39 is 6.10 Å². The molecule has 0 heterocycles. The van der Waals surface area contributed by atoms with Crippen molar-refractivity contribution in [3.8, 4) is 0 Å². The summed E-state index contributed by atoms with van der Waals surface area (Å²) in [6.07, 6.45) is 4.05. The molecule has 0 saturated heterocycles. The van der Waals surface area contributed by atoms with Crippen molar-refractivity contribution < 1.29 is 14.3 Å². The molecule has 0 radical (unpaired) electrons. The van der Waals surface area contributed by atoms with Crippen LogP contribution in [-0.2, 0) is 14.3 Å². The van der Waals surface area contributed by atoms with Gasteiger partial charge in [0.15, 0.2) is 0 Å². The van der Waals surface area contributed by atoms with Crippen molar-refractivity contribution in [2.45, 2.75) is 38.2 Å². The molecule has 0 aromatic heterocycles. The lowest BCUT2D eigenvalue weighted by Crippen LogP contribution is -2.35. The molecule has 0 bridgehead atoms. The molecule has 0 unspecified atom stereocenters. The van der Waals surface area contributed by atoms with Gasteiger partial charge < -0.3 is 9.64 Å². The first-order chi connectivity index (χ1) is 12.7. The molecule has 0 spiro atoms. The Balaban J connectivity index is 1.81. The van der Waals surface area contributed by atoms with Gasteiger partial charge in [-0.2, -0.15) is 0 Å². The van der Waals surface area contributed by atoms with E-state index in [1.165, 1.54) is 6.42 Å². The lowest BCUT2D eigenvalue weighted by Gasteiger charge is -2.27. The molecule has 1 amide bonds. The third-order valence-corrected chi connectivity index (χ3v) is 4.97. The summed E-state index contributed by atoms with van der Waals surface area (Å²) in [5.74, 6) is -0.593. The van der Waals surface area contributed by atoms with E-state index in [0.717, 1.165) is 31.4 Å². The van der Waals surface area contributed by atoms with Crippen LogP contribution in [0.15, 0.2) is 60.7 Å². The largest absolute Gasteiger partial charge is 0.447 e. The third kappa shape index (κ3) is 4.31. The molecule has 136 valence electrons. The van der Waals surface area contributed by atoms with Crippen molar-refractivity contribution in [2.24, 2.45) is 5.92 Å². The summed E-state index contributed by atoms with van der Waals surface area (Å²) in [6.45, 7) is 0. The van der Waals surface area contributed by atoms with Gasteiger partial charge in [-0.1, -0.05) is 67.8 Å². The summed E-state index contributed by atoms with van der Waals surface area (Å²) in [4.78, 5) is 27.3. The number of hydrogen-bond acceptors (Lipinski definition) is 3. The minimum absolute atomic E-state index is 0.0928. The molecule has 26 heavy (non-hydrogen) atoms. The summed E-state index contributed by atoms with van der Waals surface area (Å²) >= 11 is 0. The average molecular weight is 351 g/mol. The number of nitrogens with zero attached hydrogens (tertiary/aromatic N) is 1. The van der Waals surface area contributed by atoms with E-state index in [-0.39, 0.29) is 17.8 Å². The zero-order valence-corrected chi connectivity index (χ0v) is 15.1. The number of amides is 1. The second kappa shape index (κ2) is 8.65. The Bertz CT molecular complexity index is 724. The summed E-state index contributed by atoms with van der Waals surface area (Å²) in [5, 5.41) is 0. The molecule has 1 aliphatic rings. The fraction of sp³-hybridized carbons (Fsp3) is 0.364. The van der Waals surface area contributed by atoms with Crippen LogP contribution < -0.4 is 4.90 Å². The van der Waals surface area contributed by atoms with Gasteiger partial charge in [-0.05, 0) is 25.0 Å². The van der Waals surface area contributed by atoms with Crippen LogP contribution in [-0.4, -0.2) is 18.9 Å². The number of likely N-dealkylation sites (N-methyl/N-ethyl adjacent to an activating group) is 1. The van der Waals surface area contributed by atoms with Gasteiger partial charge in [-0.25, -0.2) is 0 Å². The van der Waals surface area contributed by atoms with Crippen molar-refractivity contribution in [1.82, 2.24) is 0 Å². The van der Waals surface area contributed by atoms with E-state index in [1.54, 1.807) is 11.9 Å². The van der Waals surface area contributed by atoms with Crippen molar-refractivity contribution in [3.05, 3.63) is 66.2 Å². The molecule has 2 aromatic rings. The SMILES string of the molecule is CN(C(=O)[C@H](OC(=O)C1CCCCC1)c1ccccc1)c1ccccc1. The Morgan fingerprint density at radius 2 is 1.50 bits per heavy atom. The predicted octanol–water partition coefficient (Wildman–Crippen LogP) is 4.51. The highest BCUT2D eigenvalue weighted by Crippen LogP contribution is 2.29. The van der Waals surface area contributed by atoms with Crippen LogP contribution in [0.25, 0.3) is 0 Å². The van der Waals surface area contributed by atoms with Crippen LogP contribution in [0.1, 0.15) is 43.8 Å². The Labute approximate surface area is 154 Å². The Kier molecular flexibility index (Phi) is 6.05. The van der Waals surface area contributed by atoms with Crippen LogP contribution in [0, 0.1) is 5.92 Å². The third-order valence-electron chi connectivity index (χ3n) is 4.97. The van der Waals surface area contributed by atoms with Gasteiger partial charge in [-0.3, -0.25) is 9.59 Å². The maximum atomic E-state index is 13.1. The number of ether oxygens (including phenoxy) is 1. The number of esters is 1. The summed E-state index contributed by atoms with van der Waals surface area (Å²) in [6, 6.07) is 18.6. The topological polar surface area (TPSA) is 46.6 Å². The van der Waals surface area contributed by atoms with Crippen molar-refractivity contribution >= 4 is 17.6 Å². The molecule has 1 atom stereocenters. The molecule has 0 N–H and O–H groups in total. The van der Waals surface area contributed by atoms with Crippen molar-refractivity contribution in [1.29, 1.82) is 0 Å². The first kappa shape index (κ1) is 18.2. The molecule has 1 fully saturated rings. The minimum atomic E-state index is -0.921. The minimum Gasteiger partial charge on any atom is -0.447 e. The molecule has 4 nitrogen and oxygen atoms in total. The molecule has 1 saturated carbocycles. The number of para-hydroxylation sites is 1. The molecular formula is C22H25NO3. The maximum Gasteiger partial charge on any atom is 0.310 e. The highest BCUT2D eigenvalue weighted by Gasteiger charge is 2.31. The predicted molar refractivity (Wildman–Crippen MR) is 102 cm³/mol. The molecule has 4 heteroatoms. The lowest BCUT2D eigenvalue weighted by atomic mass is 9.89. The van der Waals surface area contributed by atoms with Crippen LogP contribution in [0.5, 0.6) is 0 Å².